The number of aromatic nitrogens is 1. The number of alkyl halides is 1. The van der Waals surface area contributed by atoms with Gasteiger partial charge in [-0.2, -0.15) is 4.31 Å². The molecule has 1 aromatic rings. The Bertz CT molecular complexity index is 555. The number of morpholine rings is 1. The van der Waals surface area contributed by atoms with Crippen LogP contribution in [0.25, 0.3) is 0 Å². The first-order valence-corrected chi connectivity index (χ1v) is 8.31. The van der Waals surface area contributed by atoms with Gasteiger partial charge in [-0.15, -0.1) is 0 Å². The molecule has 0 aliphatic carbocycles. The van der Waals surface area contributed by atoms with Crippen molar-refractivity contribution in [1.29, 1.82) is 0 Å². The summed E-state index contributed by atoms with van der Waals surface area (Å²) in [5, 5.41) is 0.546. The smallest absolute Gasteiger partial charge is 0.244 e. The minimum atomic E-state index is -3.73. The maximum Gasteiger partial charge on any atom is 0.244 e. The monoisotopic (exact) mass is 352 g/mol. The molecule has 1 saturated heterocycles. The van der Waals surface area contributed by atoms with Crippen molar-refractivity contribution in [2.45, 2.75) is 24.0 Å². The summed E-state index contributed by atoms with van der Waals surface area (Å²) in [4.78, 5) is 3.45. The molecule has 0 N–H and O–H groups in total. The quantitative estimate of drug-likeness (QED) is 0.771. The fourth-order valence-electron chi connectivity index (χ4n) is 1.97. The van der Waals surface area contributed by atoms with Gasteiger partial charge in [0.15, 0.2) is 0 Å². The molecular formula is C11H14BrFN2O3S. The largest absolute Gasteiger partial charge is 0.372 e. The normalized spacial score (nSPS) is 25.4. The topological polar surface area (TPSA) is 59.5 Å². The van der Waals surface area contributed by atoms with Gasteiger partial charge in [-0.1, -0.05) is 15.9 Å². The molecule has 106 valence electrons. The third-order valence-corrected chi connectivity index (χ3v) is 5.30. The number of rotatable bonds is 3. The minimum Gasteiger partial charge on any atom is -0.372 e. The highest BCUT2D eigenvalue weighted by Gasteiger charge is 2.33. The third-order valence-electron chi connectivity index (χ3n) is 2.78. The van der Waals surface area contributed by atoms with Gasteiger partial charge in [0.25, 0.3) is 0 Å². The Morgan fingerprint density at radius 1 is 1.53 bits per heavy atom. The Hall–Kier alpha value is -0.570. The van der Waals surface area contributed by atoms with Crippen LogP contribution in [0.1, 0.15) is 6.92 Å². The predicted molar refractivity (Wildman–Crippen MR) is 71.1 cm³/mol. The first-order chi connectivity index (χ1) is 8.93. The second kappa shape index (κ2) is 5.82. The van der Waals surface area contributed by atoms with Gasteiger partial charge in [-0.05, 0) is 13.0 Å². The van der Waals surface area contributed by atoms with E-state index in [2.05, 4.69) is 20.9 Å². The lowest BCUT2D eigenvalue weighted by molar-refractivity contribution is -0.0411. The van der Waals surface area contributed by atoms with Gasteiger partial charge in [-0.3, -0.25) is 4.98 Å². The molecule has 1 aliphatic rings. The van der Waals surface area contributed by atoms with Gasteiger partial charge in [-0.25, -0.2) is 12.8 Å². The summed E-state index contributed by atoms with van der Waals surface area (Å²) in [5.74, 6) is -0.667. The van der Waals surface area contributed by atoms with E-state index in [1.807, 2.05) is 0 Å². The molecule has 2 rings (SSSR count). The van der Waals surface area contributed by atoms with Crippen LogP contribution in [0, 0.1) is 5.82 Å². The first-order valence-electron chi connectivity index (χ1n) is 5.75. The SMILES string of the molecule is CC1CN(S(=O)(=O)c2cncc(F)c2)CC(CBr)O1. The Labute approximate surface area is 120 Å². The van der Waals surface area contributed by atoms with E-state index < -0.39 is 15.8 Å². The van der Waals surface area contributed by atoms with Gasteiger partial charge in [0.2, 0.25) is 10.0 Å². The number of halogens is 2. The fraction of sp³-hybridized carbons (Fsp3) is 0.545. The average Bonchev–Trinajstić information content (AvgIpc) is 2.38. The second-order valence-corrected chi connectivity index (χ2v) is 6.97. The van der Waals surface area contributed by atoms with Crippen molar-refractivity contribution in [2.24, 2.45) is 0 Å². The summed E-state index contributed by atoms with van der Waals surface area (Å²) in [5.41, 5.74) is 0. The summed E-state index contributed by atoms with van der Waals surface area (Å²) in [6.07, 6.45) is 1.72. The highest BCUT2D eigenvalue weighted by atomic mass is 79.9. The van der Waals surface area contributed by atoms with Crippen LogP contribution in [0.15, 0.2) is 23.4 Å². The minimum absolute atomic E-state index is 0.130. The van der Waals surface area contributed by atoms with Crippen LogP contribution < -0.4 is 0 Å². The lowest BCUT2D eigenvalue weighted by atomic mass is 10.3. The summed E-state index contributed by atoms with van der Waals surface area (Å²) >= 11 is 3.28. The number of pyridine rings is 1. The Balaban J connectivity index is 2.29. The van der Waals surface area contributed by atoms with Gasteiger partial charge < -0.3 is 4.74 Å². The first kappa shape index (κ1) is 14.8. The molecule has 0 aromatic carbocycles. The maximum atomic E-state index is 13.1. The van der Waals surface area contributed by atoms with Crippen LogP contribution in [0.2, 0.25) is 0 Å². The zero-order chi connectivity index (χ0) is 14.0. The maximum absolute atomic E-state index is 13.1. The van der Waals surface area contributed by atoms with E-state index in [9.17, 15) is 12.8 Å². The summed E-state index contributed by atoms with van der Waals surface area (Å²) < 4.78 is 44.8. The predicted octanol–water partition coefficient (Wildman–Crippen LogP) is 1.39. The third kappa shape index (κ3) is 3.31. The molecular weight excluding hydrogens is 339 g/mol. The molecule has 1 aromatic heterocycles. The molecule has 19 heavy (non-hydrogen) atoms. The summed E-state index contributed by atoms with van der Waals surface area (Å²) in [6.45, 7) is 2.30. The molecule has 0 radical (unpaired) electrons. The molecule has 0 spiro atoms. The Kier molecular flexibility index (Phi) is 4.54. The molecule has 1 fully saturated rings. The van der Waals surface area contributed by atoms with Gasteiger partial charge in [0.1, 0.15) is 10.7 Å². The molecule has 0 bridgehead atoms. The van der Waals surface area contributed by atoms with E-state index in [4.69, 9.17) is 4.74 Å². The van der Waals surface area contributed by atoms with E-state index in [1.165, 1.54) is 4.31 Å². The highest BCUT2D eigenvalue weighted by Crippen LogP contribution is 2.21. The van der Waals surface area contributed by atoms with Crippen molar-refractivity contribution in [3.63, 3.8) is 0 Å². The lowest BCUT2D eigenvalue weighted by Crippen LogP contribution is -2.49. The van der Waals surface area contributed by atoms with Crippen LogP contribution >= 0.6 is 15.9 Å². The zero-order valence-electron chi connectivity index (χ0n) is 10.3. The number of sulfonamides is 1. The summed E-state index contributed by atoms with van der Waals surface area (Å²) in [6, 6.07) is 0.978. The van der Waals surface area contributed by atoms with Crippen molar-refractivity contribution in [1.82, 2.24) is 9.29 Å². The molecule has 2 atom stereocenters. The number of nitrogens with zero attached hydrogens (tertiary/aromatic N) is 2. The van der Waals surface area contributed by atoms with E-state index in [-0.39, 0.29) is 30.2 Å². The average molecular weight is 353 g/mol. The Morgan fingerprint density at radius 2 is 2.26 bits per heavy atom. The fourth-order valence-corrected chi connectivity index (χ4v) is 3.85. The molecule has 2 heterocycles. The lowest BCUT2D eigenvalue weighted by Gasteiger charge is -2.35. The molecule has 5 nitrogen and oxygen atoms in total. The van der Waals surface area contributed by atoms with Crippen LogP contribution in [0.4, 0.5) is 4.39 Å². The van der Waals surface area contributed by atoms with Crippen LogP contribution in [-0.4, -0.2) is 48.3 Å². The molecule has 0 saturated carbocycles. The molecule has 1 aliphatic heterocycles. The second-order valence-electron chi connectivity index (χ2n) is 4.38. The van der Waals surface area contributed by atoms with E-state index in [1.54, 1.807) is 6.92 Å². The number of hydrogen-bond donors (Lipinski definition) is 0. The van der Waals surface area contributed by atoms with Gasteiger partial charge in [0, 0.05) is 24.6 Å². The standard InChI is InChI=1S/C11H14BrFN2O3S/c1-8-6-15(7-10(3-12)18-8)19(16,17)11-2-9(13)4-14-5-11/h2,4-5,8,10H,3,6-7H2,1H3. The van der Waals surface area contributed by atoms with E-state index in [0.717, 1.165) is 18.5 Å². The van der Waals surface area contributed by atoms with Crippen molar-refractivity contribution < 1.29 is 17.5 Å². The summed E-state index contributed by atoms with van der Waals surface area (Å²) in [7, 11) is -3.73. The molecule has 0 amide bonds. The number of ether oxygens (including phenoxy) is 1. The zero-order valence-corrected chi connectivity index (χ0v) is 12.7. The highest BCUT2D eigenvalue weighted by molar-refractivity contribution is 9.09. The number of hydrogen-bond acceptors (Lipinski definition) is 4. The Morgan fingerprint density at radius 3 is 2.89 bits per heavy atom. The molecule has 2 unspecified atom stereocenters. The van der Waals surface area contributed by atoms with Crippen LogP contribution in [0.5, 0.6) is 0 Å². The van der Waals surface area contributed by atoms with Crippen LogP contribution in [0.3, 0.4) is 0 Å². The van der Waals surface area contributed by atoms with E-state index in [0.29, 0.717) is 5.33 Å². The van der Waals surface area contributed by atoms with Crippen LogP contribution in [-0.2, 0) is 14.8 Å². The van der Waals surface area contributed by atoms with Gasteiger partial charge >= 0.3 is 0 Å². The van der Waals surface area contributed by atoms with Gasteiger partial charge in [0.05, 0.1) is 18.4 Å². The van der Waals surface area contributed by atoms with Crippen molar-refractivity contribution in [3.05, 3.63) is 24.3 Å². The molecule has 8 heteroatoms. The van der Waals surface area contributed by atoms with Crippen molar-refractivity contribution >= 4 is 26.0 Å². The van der Waals surface area contributed by atoms with E-state index >= 15 is 0 Å². The van der Waals surface area contributed by atoms with Crippen molar-refractivity contribution in [2.75, 3.05) is 18.4 Å². The van der Waals surface area contributed by atoms with Crippen molar-refractivity contribution in [3.8, 4) is 0 Å².